The molecule has 0 radical (unpaired) electrons. The number of rotatable bonds is 11. The number of nitrogens with one attached hydrogen (secondary N) is 1. The first-order valence-electron chi connectivity index (χ1n) is 11.2. The number of halogens is 1. The summed E-state index contributed by atoms with van der Waals surface area (Å²) >= 11 is 6.21. The van der Waals surface area contributed by atoms with E-state index in [9.17, 15) is 14.4 Å². The predicted octanol–water partition coefficient (Wildman–Crippen LogP) is 4.25. The van der Waals surface area contributed by atoms with E-state index >= 15 is 0 Å². The second kappa shape index (κ2) is 13.2. The number of primary amides is 1. The second-order valence-electron chi connectivity index (χ2n) is 7.98. The molecule has 0 saturated carbocycles. The number of benzene rings is 3. The van der Waals surface area contributed by atoms with Gasteiger partial charge in [0.1, 0.15) is 0 Å². The average molecular weight is 494 g/mol. The van der Waals surface area contributed by atoms with Gasteiger partial charge in [-0.3, -0.25) is 9.59 Å². The van der Waals surface area contributed by atoms with Gasteiger partial charge < -0.3 is 20.7 Å². The van der Waals surface area contributed by atoms with Crippen molar-refractivity contribution in [3.05, 3.63) is 107 Å². The summed E-state index contributed by atoms with van der Waals surface area (Å²) in [6, 6.07) is 24.7. The fourth-order valence-electron chi connectivity index (χ4n) is 3.63. The molecule has 3 amide bonds. The number of nitrogens with two attached hydrogens (primary N) is 1. The van der Waals surface area contributed by atoms with Crippen molar-refractivity contribution in [2.45, 2.75) is 25.4 Å². The molecular formula is C27H28ClN3O4. The molecule has 0 bridgehead atoms. The van der Waals surface area contributed by atoms with Crippen LogP contribution in [0.25, 0.3) is 0 Å². The van der Waals surface area contributed by atoms with Gasteiger partial charge in [-0.2, -0.15) is 0 Å². The Morgan fingerprint density at radius 2 is 1.49 bits per heavy atom. The lowest BCUT2D eigenvalue weighted by Crippen LogP contribution is -2.37. The third-order valence-corrected chi connectivity index (χ3v) is 5.75. The molecule has 1 unspecified atom stereocenters. The van der Waals surface area contributed by atoms with Crippen molar-refractivity contribution in [1.29, 1.82) is 0 Å². The highest BCUT2D eigenvalue weighted by Crippen LogP contribution is 2.25. The minimum atomic E-state index is -0.797. The van der Waals surface area contributed by atoms with Gasteiger partial charge >= 0.3 is 12.0 Å². The van der Waals surface area contributed by atoms with E-state index in [-0.39, 0.29) is 12.3 Å². The Kier molecular flexibility index (Phi) is 9.69. The molecule has 3 rings (SSSR count). The summed E-state index contributed by atoms with van der Waals surface area (Å²) in [6.45, 7) is 0.461. The molecular weight excluding hydrogens is 466 g/mol. The van der Waals surface area contributed by atoms with Crippen LogP contribution in [-0.2, 0) is 27.3 Å². The van der Waals surface area contributed by atoms with Crippen molar-refractivity contribution in [2.75, 3.05) is 13.2 Å². The zero-order valence-electron chi connectivity index (χ0n) is 19.2. The quantitative estimate of drug-likeness (QED) is 0.390. The number of carbonyl (C=O) groups excluding carboxylic acids is 3. The zero-order chi connectivity index (χ0) is 25.0. The Labute approximate surface area is 209 Å². The molecule has 7 nitrogen and oxygen atoms in total. The van der Waals surface area contributed by atoms with Crippen molar-refractivity contribution in [1.82, 2.24) is 10.2 Å². The fourth-order valence-corrected chi connectivity index (χ4v) is 3.90. The number of esters is 1. The smallest absolute Gasteiger partial charge is 0.312 e. The molecule has 0 heterocycles. The third-order valence-electron chi connectivity index (χ3n) is 5.41. The summed E-state index contributed by atoms with van der Waals surface area (Å²) in [5.74, 6) is -0.963. The lowest BCUT2D eigenvalue weighted by Gasteiger charge is -2.23. The van der Waals surface area contributed by atoms with Crippen molar-refractivity contribution in [2.24, 2.45) is 5.73 Å². The highest BCUT2D eigenvalue weighted by molar-refractivity contribution is 6.31. The second-order valence-corrected chi connectivity index (χ2v) is 8.39. The Bertz CT molecular complexity index is 1130. The van der Waals surface area contributed by atoms with Crippen LogP contribution in [0.2, 0.25) is 5.02 Å². The molecule has 182 valence electrons. The maximum absolute atomic E-state index is 13.0. The Hall–Kier alpha value is -3.84. The standard InChI is InChI=1S/C27H28ClN3O4/c28-23-14-8-7-13-22(23)24(30-27(29)34)17-26(33)35-19-25(32)31(18-21-11-5-2-6-12-21)16-15-20-9-3-1-4-10-20/h1-14,24H,15-19H2,(H3,29,30,34). The molecule has 0 spiro atoms. The molecule has 0 aliphatic heterocycles. The summed E-state index contributed by atoms with van der Waals surface area (Å²) < 4.78 is 5.28. The van der Waals surface area contributed by atoms with Crippen LogP contribution in [0, 0.1) is 0 Å². The minimum absolute atomic E-state index is 0.220. The van der Waals surface area contributed by atoms with Gasteiger partial charge in [0, 0.05) is 18.1 Å². The van der Waals surface area contributed by atoms with E-state index in [2.05, 4.69) is 5.32 Å². The number of hydrogen-bond acceptors (Lipinski definition) is 4. The van der Waals surface area contributed by atoms with Gasteiger partial charge in [-0.05, 0) is 29.2 Å². The van der Waals surface area contributed by atoms with E-state index in [1.807, 2.05) is 60.7 Å². The number of amides is 3. The zero-order valence-corrected chi connectivity index (χ0v) is 20.0. The molecule has 0 saturated heterocycles. The average Bonchev–Trinajstić information content (AvgIpc) is 2.86. The van der Waals surface area contributed by atoms with Gasteiger partial charge in [0.05, 0.1) is 12.5 Å². The minimum Gasteiger partial charge on any atom is -0.455 e. The summed E-state index contributed by atoms with van der Waals surface area (Å²) in [7, 11) is 0. The van der Waals surface area contributed by atoms with E-state index in [4.69, 9.17) is 22.1 Å². The van der Waals surface area contributed by atoms with Crippen LogP contribution >= 0.6 is 11.6 Å². The van der Waals surface area contributed by atoms with E-state index < -0.39 is 24.6 Å². The van der Waals surface area contributed by atoms with Crippen molar-refractivity contribution >= 4 is 29.5 Å². The van der Waals surface area contributed by atoms with Gasteiger partial charge in [-0.15, -0.1) is 0 Å². The summed E-state index contributed by atoms with van der Waals surface area (Å²) in [5, 5.41) is 2.89. The van der Waals surface area contributed by atoms with Crippen LogP contribution in [0.1, 0.15) is 29.2 Å². The summed E-state index contributed by atoms with van der Waals surface area (Å²) in [6.07, 6.45) is 0.452. The van der Waals surface area contributed by atoms with Gasteiger partial charge in [0.15, 0.2) is 6.61 Å². The molecule has 3 aromatic carbocycles. The first-order valence-corrected chi connectivity index (χ1v) is 11.6. The maximum atomic E-state index is 13.0. The number of hydrogen-bond donors (Lipinski definition) is 2. The molecule has 0 fully saturated rings. The van der Waals surface area contributed by atoms with Crippen molar-refractivity contribution in [3.8, 4) is 0 Å². The molecule has 8 heteroatoms. The lowest BCUT2D eigenvalue weighted by molar-refractivity contribution is -0.152. The van der Waals surface area contributed by atoms with E-state index in [1.165, 1.54) is 0 Å². The third kappa shape index (κ3) is 8.46. The molecule has 0 aliphatic rings. The van der Waals surface area contributed by atoms with Crippen LogP contribution in [0.5, 0.6) is 0 Å². The van der Waals surface area contributed by atoms with Crippen molar-refractivity contribution in [3.63, 3.8) is 0 Å². The molecule has 35 heavy (non-hydrogen) atoms. The Balaban J connectivity index is 1.62. The van der Waals surface area contributed by atoms with Gasteiger partial charge in [-0.1, -0.05) is 90.5 Å². The lowest BCUT2D eigenvalue weighted by atomic mass is 10.0. The molecule has 3 N–H and O–H groups in total. The first-order chi connectivity index (χ1) is 16.9. The van der Waals surface area contributed by atoms with Crippen LogP contribution in [0.15, 0.2) is 84.9 Å². The van der Waals surface area contributed by atoms with Crippen LogP contribution in [0.4, 0.5) is 4.79 Å². The predicted molar refractivity (Wildman–Crippen MR) is 134 cm³/mol. The summed E-state index contributed by atoms with van der Waals surface area (Å²) in [4.78, 5) is 38.7. The largest absolute Gasteiger partial charge is 0.455 e. The van der Waals surface area contributed by atoms with Crippen LogP contribution < -0.4 is 11.1 Å². The highest BCUT2D eigenvalue weighted by Gasteiger charge is 2.22. The van der Waals surface area contributed by atoms with E-state index in [1.54, 1.807) is 29.2 Å². The Morgan fingerprint density at radius 3 is 2.11 bits per heavy atom. The summed E-state index contributed by atoms with van der Waals surface area (Å²) in [5.41, 5.74) is 7.88. The normalized spacial score (nSPS) is 11.3. The van der Waals surface area contributed by atoms with Crippen LogP contribution in [0.3, 0.4) is 0 Å². The molecule has 0 aromatic heterocycles. The Morgan fingerprint density at radius 1 is 0.886 bits per heavy atom. The van der Waals surface area contributed by atoms with E-state index in [0.717, 1.165) is 11.1 Å². The van der Waals surface area contributed by atoms with Gasteiger partial charge in [0.25, 0.3) is 5.91 Å². The van der Waals surface area contributed by atoms with E-state index in [0.29, 0.717) is 30.1 Å². The number of ether oxygens (including phenoxy) is 1. The number of carbonyl (C=O) groups is 3. The number of urea groups is 1. The molecule has 0 aliphatic carbocycles. The molecule has 3 aromatic rings. The van der Waals surface area contributed by atoms with Crippen LogP contribution in [-0.4, -0.2) is 36.0 Å². The van der Waals surface area contributed by atoms with Crippen molar-refractivity contribution < 1.29 is 19.1 Å². The monoisotopic (exact) mass is 493 g/mol. The fraction of sp³-hybridized carbons (Fsp3) is 0.222. The van der Waals surface area contributed by atoms with Gasteiger partial charge in [-0.25, -0.2) is 4.79 Å². The number of nitrogens with zero attached hydrogens (tertiary/aromatic N) is 1. The first kappa shape index (κ1) is 25.8. The van der Waals surface area contributed by atoms with Gasteiger partial charge in [0.2, 0.25) is 0 Å². The maximum Gasteiger partial charge on any atom is 0.312 e. The topological polar surface area (TPSA) is 102 Å². The SMILES string of the molecule is NC(=O)NC(CC(=O)OCC(=O)N(CCc1ccccc1)Cc1ccccc1)c1ccccc1Cl. The highest BCUT2D eigenvalue weighted by atomic mass is 35.5. The molecule has 1 atom stereocenters.